The number of piperidine rings is 1. The molecule has 8 nitrogen and oxygen atoms in total. The van der Waals surface area contributed by atoms with Gasteiger partial charge >= 0.3 is 0 Å². The van der Waals surface area contributed by atoms with E-state index in [0.29, 0.717) is 47.3 Å². The van der Waals surface area contributed by atoms with E-state index in [1.54, 1.807) is 30.5 Å². The number of hydrogen-bond donors (Lipinski definition) is 1. The van der Waals surface area contributed by atoms with E-state index in [-0.39, 0.29) is 24.1 Å². The summed E-state index contributed by atoms with van der Waals surface area (Å²) in [4.78, 5) is 15.6. The molecule has 4 saturated heterocycles. The molecule has 3 atom stereocenters. The third-order valence-corrected chi connectivity index (χ3v) is 7.42. The fraction of sp³-hybridized carbons (Fsp3) is 0.370. The minimum absolute atomic E-state index is 0.0492. The van der Waals surface area contributed by atoms with E-state index in [2.05, 4.69) is 44.2 Å². The molecule has 0 spiro atoms. The lowest BCUT2D eigenvalue weighted by Gasteiger charge is -2.48. The van der Waals surface area contributed by atoms with Gasteiger partial charge in [0.05, 0.1) is 47.5 Å². The monoisotopic (exact) mass is 487 g/mol. The number of halogens is 1. The van der Waals surface area contributed by atoms with Gasteiger partial charge in [0.2, 0.25) is 0 Å². The molecule has 9 heteroatoms. The molecule has 0 saturated carbocycles. The molecule has 0 radical (unpaired) electrons. The zero-order valence-electron chi connectivity index (χ0n) is 19.9. The normalized spacial score (nSPS) is 22.2. The summed E-state index contributed by atoms with van der Waals surface area (Å²) >= 11 is 0. The van der Waals surface area contributed by atoms with Gasteiger partial charge in [-0.15, -0.1) is 0 Å². The molecule has 2 aromatic heterocycles. The average molecular weight is 488 g/mol. The lowest BCUT2D eigenvalue weighted by atomic mass is 9.98. The Morgan fingerprint density at radius 2 is 1.92 bits per heavy atom. The van der Waals surface area contributed by atoms with E-state index < -0.39 is 0 Å². The third-order valence-electron chi connectivity index (χ3n) is 7.42. The van der Waals surface area contributed by atoms with Gasteiger partial charge in [-0.2, -0.15) is 0 Å². The molecular weight excluding hydrogens is 461 g/mol. The highest BCUT2D eigenvalue weighted by atomic mass is 19.1. The van der Waals surface area contributed by atoms with E-state index in [1.807, 2.05) is 0 Å². The highest BCUT2D eigenvalue weighted by Crippen LogP contribution is 2.40. The molecule has 2 aromatic carbocycles. The molecule has 4 fully saturated rings. The van der Waals surface area contributed by atoms with Gasteiger partial charge in [-0.05, 0) is 37.3 Å². The molecule has 4 aromatic rings. The number of ether oxygens (including phenoxy) is 3. The summed E-state index contributed by atoms with van der Waals surface area (Å²) in [6.07, 6.45) is 4.78. The number of aromatic nitrogens is 3. The van der Waals surface area contributed by atoms with Crippen LogP contribution in [0, 0.1) is 11.7 Å². The number of pyridine rings is 1. The molecule has 184 valence electrons. The number of anilines is 3. The Morgan fingerprint density at radius 1 is 1.08 bits per heavy atom. The van der Waals surface area contributed by atoms with Crippen molar-refractivity contribution >= 4 is 39.0 Å². The first-order valence-electron chi connectivity index (χ1n) is 12.4. The summed E-state index contributed by atoms with van der Waals surface area (Å²) in [5.74, 6) is 1.11. The number of hydrogen-bond acceptors (Lipinski definition) is 8. The van der Waals surface area contributed by atoms with Gasteiger partial charge in [0.1, 0.15) is 24.0 Å². The van der Waals surface area contributed by atoms with E-state index in [0.717, 1.165) is 36.1 Å². The molecule has 0 amide bonds. The molecule has 0 aliphatic carbocycles. The molecule has 36 heavy (non-hydrogen) atoms. The van der Waals surface area contributed by atoms with Crippen molar-refractivity contribution < 1.29 is 18.6 Å². The third kappa shape index (κ3) is 3.70. The van der Waals surface area contributed by atoms with E-state index >= 15 is 4.39 Å². The first-order chi connectivity index (χ1) is 17.6. The number of fused-ring (bicyclic) bond motifs is 4. The number of rotatable bonds is 6. The van der Waals surface area contributed by atoms with Crippen molar-refractivity contribution in [2.75, 3.05) is 36.5 Å². The maximum absolute atomic E-state index is 15.4. The van der Waals surface area contributed by atoms with Crippen molar-refractivity contribution in [1.29, 1.82) is 0 Å². The zero-order valence-corrected chi connectivity index (χ0v) is 19.9. The van der Waals surface area contributed by atoms with E-state index in [1.165, 1.54) is 6.33 Å². The second kappa shape index (κ2) is 8.53. The number of nitrogens with one attached hydrogen (secondary N) is 1. The van der Waals surface area contributed by atoms with Crippen LogP contribution in [0.25, 0.3) is 21.8 Å². The Labute approximate surface area is 207 Å². The van der Waals surface area contributed by atoms with Gasteiger partial charge < -0.3 is 24.4 Å². The molecule has 4 aliphatic rings. The summed E-state index contributed by atoms with van der Waals surface area (Å²) in [7, 11) is 0. The Kier molecular flexibility index (Phi) is 5.14. The van der Waals surface area contributed by atoms with Crippen molar-refractivity contribution in [1.82, 2.24) is 15.0 Å². The quantitative estimate of drug-likeness (QED) is 0.427. The topological polar surface area (TPSA) is 81.6 Å². The first kappa shape index (κ1) is 21.7. The SMILES string of the molecule is C[C@@H](Oc1cc(N2CC3CC(C2)O3)cc2ncnc(Nc3ccc4ncccc4c3F)c12)C1COC1. The van der Waals surface area contributed by atoms with E-state index in [9.17, 15) is 0 Å². The zero-order chi connectivity index (χ0) is 24.2. The number of benzene rings is 2. The van der Waals surface area contributed by atoms with Crippen molar-refractivity contribution in [3.63, 3.8) is 0 Å². The van der Waals surface area contributed by atoms with Crippen LogP contribution in [0.15, 0.2) is 48.9 Å². The van der Waals surface area contributed by atoms with Gasteiger partial charge in [-0.25, -0.2) is 14.4 Å². The van der Waals surface area contributed by atoms with Gasteiger partial charge in [-0.3, -0.25) is 4.98 Å². The molecule has 4 aliphatic heterocycles. The highest BCUT2D eigenvalue weighted by molar-refractivity contribution is 5.98. The van der Waals surface area contributed by atoms with Crippen molar-refractivity contribution in [3.05, 3.63) is 54.7 Å². The summed E-state index contributed by atoms with van der Waals surface area (Å²) in [5.41, 5.74) is 2.70. The number of morpholine rings is 1. The van der Waals surface area contributed by atoms with Crippen LogP contribution < -0.4 is 15.0 Å². The van der Waals surface area contributed by atoms with Crippen molar-refractivity contribution in [2.24, 2.45) is 5.92 Å². The predicted octanol–water partition coefficient (Wildman–Crippen LogP) is 4.45. The molecule has 1 N–H and O–H groups in total. The lowest BCUT2D eigenvalue weighted by molar-refractivity contribution is -0.133. The molecule has 2 unspecified atom stereocenters. The largest absolute Gasteiger partial charge is 0.489 e. The molecule has 6 heterocycles. The Bertz CT molecular complexity index is 1450. The Morgan fingerprint density at radius 3 is 2.69 bits per heavy atom. The highest BCUT2D eigenvalue weighted by Gasteiger charge is 2.38. The smallest absolute Gasteiger partial charge is 0.156 e. The summed E-state index contributed by atoms with van der Waals surface area (Å²) in [5, 5.41) is 4.37. The predicted molar refractivity (Wildman–Crippen MR) is 134 cm³/mol. The summed E-state index contributed by atoms with van der Waals surface area (Å²) < 4.78 is 33.1. The average Bonchev–Trinajstić information content (AvgIpc) is 2.84. The maximum atomic E-state index is 15.4. The van der Waals surface area contributed by atoms with E-state index in [4.69, 9.17) is 14.2 Å². The Hall–Kier alpha value is -3.56. The molecule has 8 rings (SSSR count). The van der Waals surface area contributed by atoms with Crippen LogP contribution in [-0.4, -0.2) is 59.6 Å². The van der Waals surface area contributed by atoms with Crippen LogP contribution in [0.3, 0.4) is 0 Å². The van der Waals surface area contributed by atoms with Crippen LogP contribution in [0.2, 0.25) is 0 Å². The summed E-state index contributed by atoms with van der Waals surface area (Å²) in [6, 6.07) is 11.0. The van der Waals surface area contributed by atoms with Gasteiger partial charge in [-0.1, -0.05) is 0 Å². The maximum Gasteiger partial charge on any atom is 0.156 e. The molecule has 2 bridgehead atoms. The minimum Gasteiger partial charge on any atom is -0.489 e. The van der Waals surface area contributed by atoms with Gasteiger partial charge in [0.25, 0.3) is 0 Å². The van der Waals surface area contributed by atoms with Crippen molar-refractivity contribution in [3.8, 4) is 5.75 Å². The minimum atomic E-state index is -0.376. The second-order valence-electron chi connectivity index (χ2n) is 9.82. The standard InChI is InChI=1S/C27H26FN5O3/c1-15(16-12-34-13-16)35-24-8-17(33-10-18-9-19(11-33)36-18)7-23-25(24)27(31-14-30-23)32-22-5-4-21-20(26(22)28)3-2-6-29-21/h2-8,14-16,18-19H,9-13H2,1H3,(H,30,31,32)/t15-,18?,19?/m1/s1. The Balaban J connectivity index is 1.31. The van der Waals surface area contributed by atoms with Gasteiger partial charge in [0, 0.05) is 48.8 Å². The first-order valence-corrected chi connectivity index (χ1v) is 12.4. The van der Waals surface area contributed by atoms with Crippen LogP contribution in [0.1, 0.15) is 13.3 Å². The summed E-state index contributed by atoms with van der Waals surface area (Å²) in [6.45, 7) is 5.12. The van der Waals surface area contributed by atoms with Crippen LogP contribution in [-0.2, 0) is 9.47 Å². The van der Waals surface area contributed by atoms with Crippen LogP contribution in [0.4, 0.5) is 21.6 Å². The number of nitrogens with zero attached hydrogens (tertiary/aromatic N) is 4. The fourth-order valence-corrected chi connectivity index (χ4v) is 5.24. The van der Waals surface area contributed by atoms with Crippen LogP contribution in [0.5, 0.6) is 5.75 Å². The second-order valence-corrected chi connectivity index (χ2v) is 9.82. The fourth-order valence-electron chi connectivity index (χ4n) is 5.24. The van der Waals surface area contributed by atoms with Crippen LogP contribution >= 0.6 is 0 Å². The van der Waals surface area contributed by atoms with Gasteiger partial charge in [0.15, 0.2) is 5.82 Å². The van der Waals surface area contributed by atoms with Crippen molar-refractivity contribution in [2.45, 2.75) is 31.7 Å². The lowest BCUT2D eigenvalue weighted by Crippen LogP contribution is -2.57. The molecular formula is C27H26FN5O3.